The highest BCUT2D eigenvalue weighted by Crippen LogP contribution is 2.21. The van der Waals surface area contributed by atoms with E-state index in [1.165, 1.54) is 57.1 Å². The lowest BCUT2D eigenvalue weighted by molar-refractivity contribution is -0.154. The topological polar surface area (TPSA) is 110 Å². The van der Waals surface area contributed by atoms with Gasteiger partial charge in [-0.3, -0.25) is 4.79 Å². The van der Waals surface area contributed by atoms with E-state index in [0.29, 0.717) is 13.0 Å². The van der Waals surface area contributed by atoms with Crippen molar-refractivity contribution < 1.29 is 34.1 Å². The minimum absolute atomic E-state index is 0.0667. The molecule has 0 unspecified atom stereocenters. The maximum absolute atomic E-state index is 11.6. The van der Waals surface area contributed by atoms with Gasteiger partial charge in [-0.25, -0.2) is 9.59 Å². The van der Waals surface area contributed by atoms with Crippen molar-refractivity contribution in [1.29, 1.82) is 0 Å². The molecule has 0 fully saturated rings. The first-order valence-electron chi connectivity index (χ1n) is 12.6. The number of hydrogen-bond donors (Lipinski definition) is 2. The molecule has 34 heavy (non-hydrogen) atoms. The molecule has 2 N–H and O–H groups in total. The lowest BCUT2D eigenvalue weighted by atomic mass is 10.0. The highest BCUT2D eigenvalue weighted by molar-refractivity contribution is 5.95. The minimum Gasteiger partial charge on any atom is -0.493 e. The highest BCUT2D eigenvalue weighted by Gasteiger charge is 2.16. The van der Waals surface area contributed by atoms with E-state index in [9.17, 15) is 19.5 Å². The number of carbonyl (C=O) groups is 3. The summed E-state index contributed by atoms with van der Waals surface area (Å²) in [6, 6.07) is 3.90. The average molecular weight is 479 g/mol. The summed E-state index contributed by atoms with van der Waals surface area (Å²) in [4.78, 5) is 34.0. The largest absolute Gasteiger partial charge is 0.493 e. The van der Waals surface area contributed by atoms with E-state index in [4.69, 9.17) is 14.6 Å². The number of ether oxygens (including phenoxy) is 2. The normalized spacial score (nSPS) is 11.3. The van der Waals surface area contributed by atoms with Crippen LogP contribution in [0.25, 0.3) is 0 Å². The second-order valence-electron chi connectivity index (χ2n) is 9.75. The van der Waals surface area contributed by atoms with Crippen molar-refractivity contribution in [2.24, 2.45) is 0 Å². The van der Waals surface area contributed by atoms with Crippen LogP contribution >= 0.6 is 0 Å². The molecule has 0 aromatic heterocycles. The molecule has 0 aliphatic carbocycles. The maximum Gasteiger partial charge on any atom is 0.339 e. The van der Waals surface area contributed by atoms with Gasteiger partial charge in [0.1, 0.15) is 16.9 Å². The minimum atomic E-state index is -1.20. The van der Waals surface area contributed by atoms with Crippen molar-refractivity contribution in [3.63, 3.8) is 0 Å². The third-order valence-corrected chi connectivity index (χ3v) is 5.41. The number of hydrogen-bond acceptors (Lipinski definition) is 5. The van der Waals surface area contributed by atoms with Crippen LogP contribution in [0.2, 0.25) is 0 Å². The van der Waals surface area contributed by atoms with Crippen LogP contribution < -0.4 is 4.74 Å². The molecule has 0 saturated carbocycles. The number of carbonyl (C=O) groups excluding carboxylic acids is 1. The molecule has 1 rings (SSSR count). The first-order valence-corrected chi connectivity index (χ1v) is 12.6. The quantitative estimate of drug-likeness (QED) is 0.175. The van der Waals surface area contributed by atoms with Crippen molar-refractivity contribution in [2.45, 2.75) is 110 Å². The maximum atomic E-state index is 11.6. The Hall–Kier alpha value is -2.57. The molecule has 0 amide bonds. The SMILES string of the molecule is CC(C)(C)OC(=O)CCCCCCCCCCCCCCOc1ccc(C(=O)O)cc1C(=O)O. The molecule has 7 nitrogen and oxygen atoms in total. The zero-order valence-electron chi connectivity index (χ0n) is 21.1. The van der Waals surface area contributed by atoms with Gasteiger partial charge < -0.3 is 19.7 Å². The van der Waals surface area contributed by atoms with Gasteiger partial charge in [0.15, 0.2) is 0 Å². The van der Waals surface area contributed by atoms with Crippen LogP contribution in [0.15, 0.2) is 18.2 Å². The number of esters is 1. The fraction of sp³-hybridized carbons (Fsp3) is 0.667. The van der Waals surface area contributed by atoms with Crippen LogP contribution in [0.4, 0.5) is 0 Å². The molecule has 0 saturated heterocycles. The Morgan fingerprint density at radius 1 is 0.735 bits per heavy atom. The van der Waals surface area contributed by atoms with Crippen molar-refractivity contribution in [2.75, 3.05) is 6.61 Å². The van der Waals surface area contributed by atoms with Gasteiger partial charge in [0, 0.05) is 6.42 Å². The van der Waals surface area contributed by atoms with Crippen molar-refractivity contribution >= 4 is 17.9 Å². The molecule has 0 atom stereocenters. The third-order valence-electron chi connectivity index (χ3n) is 5.41. The predicted molar refractivity (Wildman–Crippen MR) is 132 cm³/mol. The summed E-state index contributed by atoms with van der Waals surface area (Å²) in [6.07, 6.45) is 14.0. The van der Waals surface area contributed by atoms with Gasteiger partial charge in [0.2, 0.25) is 0 Å². The number of aromatic carboxylic acids is 2. The van der Waals surface area contributed by atoms with Crippen molar-refractivity contribution in [1.82, 2.24) is 0 Å². The Bertz CT molecular complexity index is 765. The van der Waals surface area contributed by atoms with Gasteiger partial charge in [-0.2, -0.15) is 0 Å². The summed E-state index contributed by atoms with van der Waals surface area (Å²) < 4.78 is 10.9. The molecule has 192 valence electrons. The Balaban J connectivity index is 1.97. The van der Waals surface area contributed by atoms with Gasteiger partial charge in [0.25, 0.3) is 0 Å². The van der Waals surface area contributed by atoms with E-state index >= 15 is 0 Å². The molecule has 7 heteroatoms. The Morgan fingerprint density at radius 3 is 1.71 bits per heavy atom. The Kier molecular flexibility index (Phi) is 14.0. The molecule has 0 aliphatic rings. The second-order valence-corrected chi connectivity index (χ2v) is 9.75. The van der Waals surface area contributed by atoms with E-state index in [1.54, 1.807) is 0 Å². The van der Waals surface area contributed by atoms with Crippen LogP contribution in [0, 0.1) is 0 Å². The van der Waals surface area contributed by atoms with Crippen molar-refractivity contribution in [3.05, 3.63) is 29.3 Å². The summed E-state index contributed by atoms with van der Waals surface area (Å²) in [6.45, 7) is 6.10. The Labute approximate surface area is 203 Å². The summed E-state index contributed by atoms with van der Waals surface area (Å²) in [5.74, 6) is -2.25. The van der Waals surface area contributed by atoms with Crippen LogP contribution in [0.5, 0.6) is 5.75 Å². The van der Waals surface area contributed by atoms with Crippen LogP contribution in [-0.2, 0) is 9.53 Å². The monoisotopic (exact) mass is 478 g/mol. The van der Waals surface area contributed by atoms with E-state index < -0.39 is 17.5 Å². The standard InChI is InChI=1S/C27H42O7/c1-27(2,3)34-24(28)16-14-12-10-8-6-4-5-7-9-11-13-15-19-33-23-18-17-21(25(29)30)20-22(23)26(31)32/h17-18,20H,4-16,19H2,1-3H3,(H,29,30)(H,31,32). The van der Waals surface area contributed by atoms with Gasteiger partial charge in [-0.1, -0.05) is 64.2 Å². The van der Waals surface area contributed by atoms with E-state index in [0.717, 1.165) is 38.2 Å². The first-order chi connectivity index (χ1) is 16.1. The molecule has 0 spiro atoms. The smallest absolute Gasteiger partial charge is 0.339 e. The van der Waals surface area contributed by atoms with E-state index in [1.807, 2.05) is 20.8 Å². The average Bonchev–Trinajstić information content (AvgIpc) is 2.75. The van der Waals surface area contributed by atoms with E-state index in [2.05, 4.69) is 0 Å². The molecule has 1 aromatic rings. The van der Waals surface area contributed by atoms with Crippen LogP contribution in [0.3, 0.4) is 0 Å². The predicted octanol–water partition coefficient (Wildman–Crippen LogP) is 6.87. The van der Waals surface area contributed by atoms with Gasteiger partial charge in [-0.05, 0) is 51.8 Å². The molecular formula is C27H42O7. The highest BCUT2D eigenvalue weighted by atomic mass is 16.6. The molecule has 0 heterocycles. The molecular weight excluding hydrogens is 436 g/mol. The molecule has 0 radical (unpaired) electrons. The lowest BCUT2D eigenvalue weighted by Gasteiger charge is -2.19. The summed E-state index contributed by atoms with van der Waals surface area (Å²) in [5.41, 5.74) is -0.583. The van der Waals surface area contributed by atoms with Crippen LogP contribution in [-0.4, -0.2) is 40.3 Å². The van der Waals surface area contributed by atoms with Gasteiger partial charge >= 0.3 is 17.9 Å². The number of benzene rings is 1. The third kappa shape index (κ3) is 13.9. The second kappa shape index (κ2) is 16.1. The van der Waals surface area contributed by atoms with Crippen molar-refractivity contribution in [3.8, 4) is 5.75 Å². The summed E-state index contributed by atoms with van der Waals surface area (Å²) >= 11 is 0. The Morgan fingerprint density at radius 2 is 1.24 bits per heavy atom. The van der Waals surface area contributed by atoms with Crippen LogP contribution in [0.1, 0.15) is 125 Å². The fourth-order valence-electron chi connectivity index (χ4n) is 3.67. The first kappa shape index (κ1) is 29.5. The number of unbranched alkanes of at least 4 members (excludes halogenated alkanes) is 11. The number of carboxylic acids is 2. The molecule has 0 bridgehead atoms. The number of rotatable bonds is 18. The lowest BCUT2D eigenvalue weighted by Crippen LogP contribution is -2.23. The fourth-order valence-corrected chi connectivity index (χ4v) is 3.67. The van der Waals surface area contributed by atoms with Gasteiger partial charge in [0.05, 0.1) is 12.2 Å². The van der Waals surface area contributed by atoms with Gasteiger partial charge in [-0.15, -0.1) is 0 Å². The summed E-state index contributed by atoms with van der Waals surface area (Å²) in [5, 5.41) is 18.2. The molecule has 1 aromatic carbocycles. The van der Waals surface area contributed by atoms with E-state index in [-0.39, 0.29) is 22.8 Å². The number of carboxylic acid groups (broad SMARTS) is 2. The zero-order valence-corrected chi connectivity index (χ0v) is 21.1. The zero-order chi connectivity index (χ0) is 25.4. The summed E-state index contributed by atoms with van der Waals surface area (Å²) in [7, 11) is 0. The molecule has 0 aliphatic heterocycles.